The van der Waals surface area contributed by atoms with E-state index < -0.39 is 0 Å². The topological polar surface area (TPSA) is 29.5 Å². The molecule has 0 unspecified atom stereocenters. The van der Waals surface area contributed by atoms with E-state index in [4.69, 9.17) is 4.74 Å². The molecular weight excluding hydrogens is 270 g/mol. The van der Waals surface area contributed by atoms with E-state index in [0.717, 1.165) is 28.1 Å². The Hall–Kier alpha value is -1.55. The maximum absolute atomic E-state index is 12.8. The second-order valence-corrected chi connectivity index (χ2v) is 6.26. The molecule has 1 atom stereocenters. The van der Waals surface area contributed by atoms with Crippen LogP contribution in [0.15, 0.2) is 28.4 Å². The van der Waals surface area contributed by atoms with E-state index in [9.17, 15) is 4.79 Å². The van der Waals surface area contributed by atoms with Crippen molar-refractivity contribution in [3.8, 4) is 5.75 Å². The summed E-state index contributed by atoms with van der Waals surface area (Å²) in [6.45, 7) is 3.19. The van der Waals surface area contributed by atoms with Crippen LogP contribution in [-0.2, 0) is 0 Å². The van der Waals surface area contributed by atoms with Crippen molar-refractivity contribution in [1.82, 2.24) is 0 Å². The minimum atomic E-state index is 0.131. The summed E-state index contributed by atoms with van der Waals surface area (Å²) in [5.41, 5.74) is 0.981. The van der Waals surface area contributed by atoms with Gasteiger partial charge in [-0.25, -0.2) is 0 Å². The van der Waals surface area contributed by atoms with Crippen molar-refractivity contribution >= 4 is 27.1 Å². The zero-order valence-corrected chi connectivity index (χ0v) is 12.7. The van der Waals surface area contributed by atoms with Gasteiger partial charge in [0.05, 0.1) is 12.8 Å². The van der Waals surface area contributed by atoms with Crippen molar-refractivity contribution in [2.24, 2.45) is 0 Å². The molecule has 1 aliphatic heterocycles. The van der Waals surface area contributed by atoms with Crippen molar-refractivity contribution in [3.05, 3.63) is 33.8 Å². The van der Waals surface area contributed by atoms with Crippen LogP contribution in [0.1, 0.15) is 26.2 Å². The zero-order chi connectivity index (χ0) is 14.1. The van der Waals surface area contributed by atoms with Gasteiger partial charge in [0.25, 0.3) is 0 Å². The highest BCUT2D eigenvalue weighted by Crippen LogP contribution is 2.28. The van der Waals surface area contributed by atoms with E-state index in [1.54, 1.807) is 18.4 Å². The number of ether oxygens (including phenoxy) is 1. The van der Waals surface area contributed by atoms with Crippen LogP contribution in [0.4, 0.5) is 5.69 Å². The molecule has 0 amide bonds. The van der Waals surface area contributed by atoms with Gasteiger partial charge in [0.15, 0.2) is 0 Å². The van der Waals surface area contributed by atoms with E-state index in [-0.39, 0.29) is 5.43 Å². The van der Waals surface area contributed by atoms with Crippen molar-refractivity contribution in [2.45, 2.75) is 32.2 Å². The summed E-state index contributed by atoms with van der Waals surface area (Å²) in [6.07, 6.45) is 3.60. The third-order valence-electron chi connectivity index (χ3n) is 4.07. The number of anilines is 1. The van der Waals surface area contributed by atoms with Crippen LogP contribution < -0.4 is 15.1 Å². The molecule has 3 nitrogen and oxygen atoms in total. The van der Waals surface area contributed by atoms with Crippen LogP contribution >= 0.6 is 11.3 Å². The molecule has 106 valence electrons. The van der Waals surface area contributed by atoms with Crippen LogP contribution in [0, 0.1) is 0 Å². The van der Waals surface area contributed by atoms with Crippen LogP contribution in [0.5, 0.6) is 5.75 Å². The molecule has 0 aliphatic carbocycles. The highest BCUT2D eigenvalue weighted by Gasteiger charge is 2.21. The fraction of sp³-hybridized carbons (Fsp3) is 0.438. The highest BCUT2D eigenvalue weighted by atomic mass is 32.1. The zero-order valence-electron chi connectivity index (χ0n) is 11.9. The molecule has 1 aliphatic rings. The van der Waals surface area contributed by atoms with Crippen LogP contribution in [0.2, 0.25) is 0 Å². The van der Waals surface area contributed by atoms with Gasteiger partial charge >= 0.3 is 0 Å². The Morgan fingerprint density at radius 2 is 2.20 bits per heavy atom. The van der Waals surface area contributed by atoms with E-state index in [2.05, 4.69) is 11.8 Å². The lowest BCUT2D eigenvalue weighted by Crippen LogP contribution is -2.39. The van der Waals surface area contributed by atoms with Crippen molar-refractivity contribution in [3.63, 3.8) is 0 Å². The first-order valence-electron chi connectivity index (χ1n) is 7.07. The molecule has 0 radical (unpaired) electrons. The van der Waals surface area contributed by atoms with Crippen LogP contribution in [0.3, 0.4) is 0 Å². The molecule has 1 aromatic carbocycles. The fourth-order valence-corrected chi connectivity index (χ4v) is 3.79. The molecular formula is C16H19NO2S. The Morgan fingerprint density at radius 3 is 2.95 bits per heavy atom. The maximum Gasteiger partial charge on any atom is 0.211 e. The molecule has 0 N–H and O–H groups in total. The SMILES string of the molecule is COc1ccc2scc(N3CCCC[C@H]3C)c(=O)c2c1. The van der Waals surface area contributed by atoms with E-state index in [0.29, 0.717) is 6.04 Å². The number of nitrogens with zero attached hydrogens (tertiary/aromatic N) is 1. The largest absolute Gasteiger partial charge is 0.497 e. The monoisotopic (exact) mass is 289 g/mol. The predicted molar refractivity (Wildman–Crippen MR) is 85.3 cm³/mol. The Balaban J connectivity index is 2.12. The summed E-state index contributed by atoms with van der Waals surface area (Å²) in [5, 5.41) is 2.78. The molecule has 1 fully saturated rings. The minimum Gasteiger partial charge on any atom is -0.497 e. The molecule has 2 heterocycles. The number of piperidine rings is 1. The van der Waals surface area contributed by atoms with E-state index in [1.807, 2.05) is 23.6 Å². The second-order valence-electron chi connectivity index (χ2n) is 5.35. The van der Waals surface area contributed by atoms with Gasteiger partial charge in [-0.1, -0.05) is 0 Å². The number of hydrogen-bond acceptors (Lipinski definition) is 4. The number of benzene rings is 1. The van der Waals surface area contributed by atoms with E-state index in [1.165, 1.54) is 19.3 Å². The normalized spacial score (nSPS) is 19.3. The van der Waals surface area contributed by atoms with Gasteiger partial charge in [0.2, 0.25) is 5.43 Å². The standard InChI is InChI=1S/C16H19NO2S/c1-11-5-3-4-8-17(11)14-10-20-15-7-6-12(19-2)9-13(15)16(14)18/h6-7,9-11H,3-5,8H2,1-2H3/t11-/m1/s1. The molecule has 3 rings (SSSR count). The van der Waals surface area contributed by atoms with Crippen molar-refractivity contribution < 1.29 is 4.74 Å². The summed E-state index contributed by atoms with van der Waals surface area (Å²) in [4.78, 5) is 15.0. The lowest BCUT2D eigenvalue weighted by atomic mass is 10.0. The van der Waals surface area contributed by atoms with Gasteiger partial charge in [-0.3, -0.25) is 4.79 Å². The fourth-order valence-electron chi connectivity index (χ4n) is 2.88. The maximum atomic E-state index is 12.8. The second kappa shape index (κ2) is 5.44. The lowest BCUT2D eigenvalue weighted by molar-refractivity contribution is 0.415. The molecule has 0 bridgehead atoms. The van der Waals surface area contributed by atoms with Crippen LogP contribution in [-0.4, -0.2) is 19.7 Å². The first-order valence-corrected chi connectivity index (χ1v) is 7.95. The Bertz CT molecular complexity index is 680. The first-order chi connectivity index (χ1) is 9.70. The summed E-state index contributed by atoms with van der Waals surface area (Å²) in [6, 6.07) is 6.17. The molecule has 0 spiro atoms. The Kier molecular flexibility index (Phi) is 3.66. The summed E-state index contributed by atoms with van der Waals surface area (Å²) < 4.78 is 6.25. The Labute approximate surface area is 122 Å². The van der Waals surface area contributed by atoms with Gasteiger partial charge in [-0.2, -0.15) is 0 Å². The molecule has 20 heavy (non-hydrogen) atoms. The summed E-state index contributed by atoms with van der Waals surface area (Å²) in [7, 11) is 1.63. The molecule has 0 saturated carbocycles. The van der Waals surface area contributed by atoms with Gasteiger partial charge < -0.3 is 9.64 Å². The molecule has 2 aromatic rings. The molecule has 4 heteroatoms. The first kappa shape index (κ1) is 13.4. The van der Waals surface area contributed by atoms with Crippen molar-refractivity contribution in [1.29, 1.82) is 0 Å². The van der Waals surface area contributed by atoms with Gasteiger partial charge in [0.1, 0.15) is 5.75 Å². The molecule has 1 saturated heterocycles. The summed E-state index contributed by atoms with van der Waals surface area (Å²) in [5.74, 6) is 0.741. The Morgan fingerprint density at radius 1 is 1.35 bits per heavy atom. The van der Waals surface area contributed by atoms with Gasteiger partial charge in [0, 0.05) is 28.1 Å². The predicted octanol–water partition coefficient (Wildman–Crippen LogP) is 3.65. The highest BCUT2D eigenvalue weighted by molar-refractivity contribution is 7.16. The lowest BCUT2D eigenvalue weighted by Gasteiger charge is -2.34. The smallest absolute Gasteiger partial charge is 0.211 e. The number of methoxy groups -OCH3 is 1. The number of rotatable bonds is 2. The number of hydrogen-bond donors (Lipinski definition) is 0. The number of fused-ring (bicyclic) bond motifs is 1. The molecule has 1 aromatic heterocycles. The van der Waals surface area contributed by atoms with Crippen LogP contribution in [0.25, 0.3) is 10.1 Å². The average molecular weight is 289 g/mol. The average Bonchev–Trinajstić information content (AvgIpc) is 2.48. The quantitative estimate of drug-likeness (QED) is 0.845. The van der Waals surface area contributed by atoms with Crippen molar-refractivity contribution in [2.75, 3.05) is 18.6 Å². The third kappa shape index (κ3) is 2.29. The third-order valence-corrected chi connectivity index (χ3v) is 5.02. The van der Waals surface area contributed by atoms with E-state index >= 15 is 0 Å². The summed E-state index contributed by atoms with van der Waals surface area (Å²) >= 11 is 1.64. The van der Waals surface area contributed by atoms with Gasteiger partial charge in [-0.05, 0) is 44.4 Å². The minimum absolute atomic E-state index is 0.131. The van der Waals surface area contributed by atoms with Gasteiger partial charge in [-0.15, -0.1) is 11.3 Å².